The Hall–Kier alpha value is -2.63. The Morgan fingerprint density at radius 3 is 2.96 bits per heavy atom. The third kappa shape index (κ3) is 2.89. The molecular weight excluding hydrogens is 328 g/mol. The zero-order chi connectivity index (χ0) is 18.1. The van der Waals surface area contributed by atoms with E-state index in [1.807, 2.05) is 24.6 Å². The van der Waals surface area contributed by atoms with Crippen LogP contribution in [0.3, 0.4) is 0 Å². The molecule has 0 aliphatic carbocycles. The predicted octanol–water partition coefficient (Wildman–Crippen LogP) is 3.22. The minimum atomic E-state index is -0.139. The monoisotopic (exact) mass is 352 g/mol. The minimum absolute atomic E-state index is 0.139. The zero-order valence-electron chi connectivity index (χ0n) is 15.3. The number of benzene rings is 1. The summed E-state index contributed by atoms with van der Waals surface area (Å²) in [5.41, 5.74) is 4.64. The lowest BCUT2D eigenvalue weighted by atomic mass is 10.00. The van der Waals surface area contributed by atoms with Crippen LogP contribution >= 0.6 is 0 Å². The van der Waals surface area contributed by atoms with E-state index < -0.39 is 0 Å². The highest BCUT2D eigenvalue weighted by Crippen LogP contribution is 2.34. The first kappa shape index (κ1) is 16.8. The number of carbonyl (C=O) groups excluding carboxylic acids is 1. The summed E-state index contributed by atoms with van der Waals surface area (Å²) in [6, 6.07) is 8.63. The van der Waals surface area contributed by atoms with Crippen molar-refractivity contribution in [1.82, 2.24) is 19.6 Å². The molecule has 1 aromatic carbocycles. The molecule has 0 saturated carbocycles. The summed E-state index contributed by atoms with van der Waals surface area (Å²) < 4.78 is 9.70. The first-order valence-corrected chi connectivity index (χ1v) is 9.30. The van der Waals surface area contributed by atoms with E-state index in [1.165, 1.54) is 11.2 Å². The third-order valence-corrected chi connectivity index (χ3v) is 5.19. The summed E-state index contributed by atoms with van der Waals surface area (Å²) in [5, 5.41) is 9.45. The number of ether oxygens (including phenoxy) is 1. The second kappa shape index (κ2) is 6.94. The lowest BCUT2D eigenvalue weighted by Gasteiger charge is -2.26. The van der Waals surface area contributed by atoms with Crippen LogP contribution in [-0.2, 0) is 28.9 Å². The van der Waals surface area contributed by atoms with Gasteiger partial charge in [-0.25, -0.2) is 4.68 Å². The fourth-order valence-electron chi connectivity index (χ4n) is 3.99. The van der Waals surface area contributed by atoms with E-state index >= 15 is 0 Å². The molecule has 3 aromatic rings. The van der Waals surface area contributed by atoms with E-state index in [-0.39, 0.29) is 5.97 Å². The summed E-state index contributed by atoms with van der Waals surface area (Å²) in [4.78, 5) is 12.2. The van der Waals surface area contributed by atoms with Gasteiger partial charge in [-0.2, -0.15) is 0 Å². The van der Waals surface area contributed by atoms with Gasteiger partial charge >= 0.3 is 5.97 Å². The van der Waals surface area contributed by atoms with E-state index in [1.54, 1.807) is 6.20 Å². The number of aromatic nitrogens is 4. The van der Waals surface area contributed by atoms with E-state index in [2.05, 4.69) is 33.1 Å². The van der Waals surface area contributed by atoms with Crippen molar-refractivity contribution in [3.05, 3.63) is 47.4 Å². The Kier molecular flexibility index (Phi) is 4.49. The number of hydrogen-bond donors (Lipinski definition) is 0. The van der Waals surface area contributed by atoms with Crippen LogP contribution in [-0.4, -0.2) is 32.1 Å². The molecule has 0 saturated heterocycles. The van der Waals surface area contributed by atoms with Gasteiger partial charge in [0.1, 0.15) is 0 Å². The molecule has 1 unspecified atom stereocenters. The van der Waals surface area contributed by atoms with E-state index in [0.717, 1.165) is 42.5 Å². The van der Waals surface area contributed by atoms with Gasteiger partial charge in [0.25, 0.3) is 0 Å². The molecule has 0 amide bonds. The molecule has 0 radical (unpaired) electrons. The van der Waals surface area contributed by atoms with E-state index in [9.17, 15) is 4.79 Å². The number of fused-ring (bicyclic) bond motifs is 3. The Bertz CT molecular complexity index is 941. The number of hydrogen-bond acceptors (Lipinski definition) is 4. The summed E-state index contributed by atoms with van der Waals surface area (Å²) in [6.45, 7) is 5.39. The normalized spacial score (nSPS) is 16.6. The van der Waals surface area contributed by atoms with Crippen molar-refractivity contribution in [2.45, 2.75) is 52.1 Å². The maximum absolute atomic E-state index is 12.2. The highest BCUT2D eigenvalue weighted by Gasteiger charge is 2.27. The van der Waals surface area contributed by atoms with Gasteiger partial charge in [-0.15, -0.1) is 5.10 Å². The molecule has 2 aromatic heterocycles. The molecule has 0 fully saturated rings. The van der Waals surface area contributed by atoms with Crippen LogP contribution in [0.2, 0.25) is 0 Å². The standard InChI is InChI=1S/C20H24N4O2/c1-3-10-26-20(25)11-17-16-6-4-5-7-18(16)23-13-15(8-9-19(17)23)24-14(2)12-21-22-24/h4-7,12,15H,3,8-11,13H2,1-2H3. The van der Waals surface area contributed by atoms with Gasteiger partial charge in [0, 0.05) is 23.1 Å². The summed E-state index contributed by atoms with van der Waals surface area (Å²) in [5.74, 6) is -0.139. The summed E-state index contributed by atoms with van der Waals surface area (Å²) in [7, 11) is 0. The molecule has 0 bridgehead atoms. The van der Waals surface area contributed by atoms with Gasteiger partial charge in [-0.3, -0.25) is 4.79 Å². The smallest absolute Gasteiger partial charge is 0.310 e. The molecule has 3 heterocycles. The molecule has 26 heavy (non-hydrogen) atoms. The molecule has 1 aliphatic heterocycles. The second-order valence-corrected chi connectivity index (χ2v) is 6.96. The third-order valence-electron chi connectivity index (χ3n) is 5.19. The Morgan fingerprint density at radius 2 is 2.19 bits per heavy atom. The summed E-state index contributed by atoms with van der Waals surface area (Å²) >= 11 is 0. The van der Waals surface area contributed by atoms with E-state index in [4.69, 9.17) is 4.74 Å². The largest absolute Gasteiger partial charge is 0.465 e. The van der Waals surface area contributed by atoms with Crippen LogP contribution in [0.1, 0.15) is 42.8 Å². The van der Waals surface area contributed by atoms with Crippen molar-refractivity contribution in [3.8, 4) is 0 Å². The fraction of sp³-hybridized carbons (Fsp3) is 0.450. The van der Waals surface area contributed by atoms with Crippen LogP contribution < -0.4 is 0 Å². The van der Waals surface area contributed by atoms with Gasteiger partial charge < -0.3 is 9.30 Å². The van der Waals surface area contributed by atoms with Crippen molar-refractivity contribution in [3.63, 3.8) is 0 Å². The molecular formula is C20H24N4O2. The molecule has 1 aliphatic rings. The first-order chi connectivity index (χ1) is 12.7. The molecule has 0 N–H and O–H groups in total. The second-order valence-electron chi connectivity index (χ2n) is 6.96. The molecule has 0 spiro atoms. The van der Waals surface area contributed by atoms with Crippen LogP contribution in [0, 0.1) is 6.92 Å². The number of para-hydroxylation sites is 1. The van der Waals surface area contributed by atoms with Gasteiger partial charge in [-0.05, 0) is 37.8 Å². The highest BCUT2D eigenvalue weighted by atomic mass is 16.5. The molecule has 136 valence electrons. The zero-order valence-corrected chi connectivity index (χ0v) is 15.3. The fourth-order valence-corrected chi connectivity index (χ4v) is 3.99. The highest BCUT2D eigenvalue weighted by molar-refractivity contribution is 5.89. The Balaban J connectivity index is 1.70. The lowest BCUT2D eigenvalue weighted by molar-refractivity contribution is -0.142. The van der Waals surface area contributed by atoms with Crippen molar-refractivity contribution in [2.75, 3.05) is 6.61 Å². The molecule has 6 nitrogen and oxygen atoms in total. The van der Waals surface area contributed by atoms with Crippen LogP contribution in [0.15, 0.2) is 30.5 Å². The van der Waals surface area contributed by atoms with Crippen LogP contribution in [0.5, 0.6) is 0 Å². The quantitative estimate of drug-likeness (QED) is 0.662. The van der Waals surface area contributed by atoms with Crippen molar-refractivity contribution in [2.24, 2.45) is 0 Å². The predicted molar refractivity (Wildman–Crippen MR) is 99.0 cm³/mol. The topological polar surface area (TPSA) is 61.9 Å². The molecule has 6 heteroatoms. The van der Waals surface area contributed by atoms with Crippen molar-refractivity contribution < 1.29 is 9.53 Å². The number of nitrogens with zero attached hydrogens (tertiary/aromatic N) is 4. The average molecular weight is 352 g/mol. The van der Waals surface area contributed by atoms with Gasteiger partial charge in [0.05, 0.1) is 31.0 Å². The Labute approximate surface area is 152 Å². The van der Waals surface area contributed by atoms with Crippen LogP contribution in [0.4, 0.5) is 0 Å². The van der Waals surface area contributed by atoms with Crippen molar-refractivity contribution >= 4 is 16.9 Å². The van der Waals surface area contributed by atoms with Gasteiger partial charge in [-0.1, -0.05) is 30.3 Å². The minimum Gasteiger partial charge on any atom is -0.465 e. The van der Waals surface area contributed by atoms with Crippen LogP contribution in [0.25, 0.3) is 10.9 Å². The maximum Gasteiger partial charge on any atom is 0.310 e. The number of carbonyl (C=O) groups is 1. The van der Waals surface area contributed by atoms with E-state index in [0.29, 0.717) is 19.1 Å². The van der Waals surface area contributed by atoms with Gasteiger partial charge in [0.15, 0.2) is 0 Å². The number of esters is 1. The lowest BCUT2D eigenvalue weighted by Crippen LogP contribution is -2.25. The SMILES string of the molecule is CCCOC(=O)Cc1c2n(c3ccccc13)CC(n1nncc1C)CC2. The summed E-state index contributed by atoms with van der Waals surface area (Å²) in [6.07, 6.45) is 4.92. The molecule has 4 rings (SSSR count). The average Bonchev–Trinajstić information content (AvgIpc) is 3.22. The number of rotatable bonds is 5. The molecule has 1 atom stereocenters. The van der Waals surface area contributed by atoms with Gasteiger partial charge in [0.2, 0.25) is 0 Å². The first-order valence-electron chi connectivity index (χ1n) is 9.30. The Morgan fingerprint density at radius 1 is 1.35 bits per heavy atom. The van der Waals surface area contributed by atoms with Crippen molar-refractivity contribution in [1.29, 1.82) is 0 Å². The number of aryl methyl sites for hydroxylation is 1. The maximum atomic E-state index is 12.2.